The van der Waals surface area contributed by atoms with Crippen LogP contribution in [0, 0.1) is 0 Å². The van der Waals surface area contributed by atoms with Gasteiger partial charge < -0.3 is 9.47 Å². The first kappa shape index (κ1) is 18.0. The number of hydrogen-bond acceptors (Lipinski definition) is 5. The Balaban J connectivity index is 1.73. The molecule has 0 aliphatic carbocycles. The SMILES string of the molecule is CCOc1ccc(OCCN2CCCN(S(C)(=O)=O)CC2)cc1. The van der Waals surface area contributed by atoms with Crippen LogP contribution in [0.5, 0.6) is 11.5 Å². The summed E-state index contributed by atoms with van der Waals surface area (Å²) in [7, 11) is -3.08. The Bertz CT molecular complexity index is 574. The highest BCUT2D eigenvalue weighted by Gasteiger charge is 2.20. The average Bonchev–Trinajstić information content (AvgIpc) is 2.75. The molecule has 0 N–H and O–H groups in total. The molecule has 1 aromatic carbocycles. The molecular formula is C16H26N2O4S. The normalized spacial score (nSPS) is 17.7. The summed E-state index contributed by atoms with van der Waals surface area (Å²) in [4.78, 5) is 2.25. The van der Waals surface area contributed by atoms with Crippen molar-refractivity contribution in [1.82, 2.24) is 9.21 Å². The van der Waals surface area contributed by atoms with E-state index >= 15 is 0 Å². The van der Waals surface area contributed by atoms with E-state index in [0.29, 0.717) is 26.3 Å². The third kappa shape index (κ3) is 6.01. The second kappa shape index (κ2) is 8.52. The van der Waals surface area contributed by atoms with Crippen LogP contribution < -0.4 is 9.47 Å². The fourth-order valence-electron chi connectivity index (χ4n) is 2.59. The van der Waals surface area contributed by atoms with Gasteiger partial charge in [-0.2, -0.15) is 0 Å². The molecule has 7 heteroatoms. The molecule has 0 unspecified atom stereocenters. The maximum absolute atomic E-state index is 11.6. The topological polar surface area (TPSA) is 59.1 Å². The lowest BCUT2D eigenvalue weighted by Gasteiger charge is -2.20. The van der Waals surface area contributed by atoms with Gasteiger partial charge in [0.1, 0.15) is 18.1 Å². The molecule has 1 aromatic rings. The third-order valence-corrected chi connectivity index (χ3v) is 5.13. The predicted octanol–water partition coefficient (Wildman–Crippen LogP) is 1.43. The van der Waals surface area contributed by atoms with Crippen molar-refractivity contribution in [3.63, 3.8) is 0 Å². The monoisotopic (exact) mass is 342 g/mol. The van der Waals surface area contributed by atoms with Gasteiger partial charge in [-0.05, 0) is 44.2 Å². The van der Waals surface area contributed by atoms with Gasteiger partial charge in [-0.15, -0.1) is 0 Å². The second-order valence-electron chi connectivity index (χ2n) is 5.61. The van der Waals surface area contributed by atoms with E-state index in [1.165, 1.54) is 6.26 Å². The van der Waals surface area contributed by atoms with E-state index < -0.39 is 10.0 Å². The number of benzene rings is 1. The molecule has 1 aliphatic rings. The summed E-state index contributed by atoms with van der Waals surface area (Å²) in [5, 5.41) is 0. The molecule has 0 radical (unpaired) electrons. The molecule has 1 fully saturated rings. The van der Waals surface area contributed by atoms with Crippen LogP contribution >= 0.6 is 0 Å². The zero-order valence-electron chi connectivity index (χ0n) is 13.9. The fourth-order valence-corrected chi connectivity index (χ4v) is 3.47. The van der Waals surface area contributed by atoms with Gasteiger partial charge in [0.2, 0.25) is 10.0 Å². The second-order valence-corrected chi connectivity index (χ2v) is 7.59. The fraction of sp³-hybridized carbons (Fsp3) is 0.625. The van der Waals surface area contributed by atoms with E-state index in [0.717, 1.165) is 37.6 Å². The molecule has 1 heterocycles. The van der Waals surface area contributed by atoms with Gasteiger partial charge in [-0.3, -0.25) is 4.90 Å². The molecule has 0 aromatic heterocycles. The summed E-state index contributed by atoms with van der Waals surface area (Å²) < 4.78 is 35.9. The lowest BCUT2D eigenvalue weighted by atomic mass is 10.3. The Kier molecular flexibility index (Phi) is 6.68. The van der Waals surface area contributed by atoms with Crippen LogP contribution in [0.15, 0.2) is 24.3 Å². The Hall–Kier alpha value is -1.31. The van der Waals surface area contributed by atoms with E-state index in [1.54, 1.807) is 4.31 Å². The van der Waals surface area contributed by atoms with Crippen molar-refractivity contribution in [2.24, 2.45) is 0 Å². The lowest BCUT2D eigenvalue weighted by molar-refractivity contribution is 0.215. The Labute approximate surface area is 139 Å². The molecule has 2 rings (SSSR count). The van der Waals surface area contributed by atoms with Crippen LogP contribution in [0.3, 0.4) is 0 Å². The van der Waals surface area contributed by atoms with Crippen LogP contribution in [-0.4, -0.2) is 69.8 Å². The van der Waals surface area contributed by atoms with E-state index in [4.69, 9.17) is 9.47 Å². The predicted molar refractivity (Wildman–Crippen MR) is 90.6 cm³/mol. The quantitative estimate of drug-likeness (QED) is 0.750. The van der Waals surface area contributed by atoms with Crippen LogP contribution in [0.4, 0.5) is 0 Å². The maximum atomic E-state index is 11.6. The van der Waals surface area contributed by atoms with Crippen molar-refractivity contribution in [3.8, 4) is 11.5 Å². The minimum atomic E-state index is -3.08. The van der Waals surface area contributed by atoms with Gasteiger partial charge in [-0.1, -0.05) is 0 Å². The lowest BCUT2D eigenvalue weighted by Crippen LogP contribution is -2.35. The van der Waals surface area contributed by atoms with Gasteiger partial charge >= 0.3 is 0 Å². The summed E-state index contributed by atoms with van der Waals surface area (Å²) >= 11 is 0. The number of ether oxygens (including phenoxy) is 2. The first-order valence-electron chi connectivity index (χ1n) is 8.02. The van der Waals surface area contributed by atoms with Gasteiger partial charge in [0, 0.05) is 26.2 Å². The molecule has 1 aliphatic heterocycles. The Morgan fingerprint density at radius 2 is 1.65 bits per heavy atom. The first-order chi connectivity index (χ1) is 11.0. The largest absolute Gasteiger partial charge is 0.494 e. The molecule has 0 spiro atoms. The molecule has 0 amide bonds. The standard InChI is InChI=1S/C16H26N2O4S/c1-3-21-15-5-7-16(8-6-15)22-14-13-17-9-4-10-18(12-11-17)23(2,19)20/h5-8H,3-4,9-14H2,1-2H3. The average molecular weight is 342 g/mol. The highest BCUT2D eigenvalue weighted by atomic mass is 32.2. The maximum Gasteiger partial charge on any atom is 0.211 e. The first-order valence-corrected chi connectivity index (χ1v) is 9.87. The summed E-state index contributed by atoms with van der Waals surface area (Å²) in [6.07, 6.45) is 2.13. The van der Waals surface area contributed by atoms with Crippen LogP contribution in [0.1, 0.15) is 13.3 Å². The minimum absolute atomic E-state index is 0.557. The minimum Gasteiger partial charge on any atom is -0.494 e. The molecule has 0 saturated carbocycles. The van der Waals surface area contributed by atoms with Crippen LogP contribution in [0.25, 0.3) is 0 Å². The summed E-state index contributed by atoms with van der Waals surface area (Å²) in [6, 6.07) is 7.60. The van der Waals surface area contributed by atoms with E-state index in [-0.39, 0.29) is 0 Å². The molecule has 1 saturated heterocycles. The smallest absolute Gasteiger partial charge is 0.211 e. The van der Waals surface area contributed by atoms with Gasteiger partial charge in [-0.25, -0.2) is 12.7 Å². The number of sulfonamides is 1. The van der Waals surface area contributed by atoms with Crippen molar-refractivity contribution < 1.29 is 17.9 Å². The van der Waals surface area contributed by atoms with Crippen molar-refractivity contribution in [2.75, 3.05) is 52.2 Å². The third-order valence-electron chi connectivity index (χ3n) is 3.83. The zero-order valence-corrected chi connectivity index (χ0v) is 14.7. The summed E-state index contributed by atoms with van der Waals surface area (Å²) in [5.74, 6) is 1.66. The summed E-state index contributed by atoms with van der Waals surface area (Å²) in [6.45, 7) is 6.81. The van der Waals surface area contributed by atoms with Crippen molar-refractivity contribution >= 4 is 10.0 Å². The van der Waals surface area contributed by atoms with Crippen molar-refractivity contribution in [2.45, 2.75) is 13.3 Å². The molecule has 23 heavy (non-hydrogen) atoms. The number of nitrogens with zero attached hydrogens (tertiary/aromatic N) is 2. The Morgan fingerprint density at radius 1 is 1.00 bits per heavy atom. The van der Waals surface area contributed by atoms with Crippen LogP contribution in [-0.2, 0) is 10.0 Å². The van der Waals surface area contributed by atoms with E-state index in [1.807, 2.05) is 31.2 Å². The molecule has 6 nitrogen and oxygen atoms in total. The molecule has 0 atom stereocenters. The molecular weight excluding hydrogens is 316 g/mol. The van der Waals surface area contributed by atoms with E-state index in [2.05, 4.69) is 4.90 Å². The summed E-state index contributed by atoms with van der Waals surface area (Å²) in [5.41, 5.74) is 0. The van der Waals surface area contributed by atoms with Gasteiger partial charge in [0.05, 0.1) is 12.9 Å². The van der Waals surface area contributed by atoms with Crippen molar-refractivity contribution in [3.05, 3.63) is 24.3 Å². The number of rotatable bonds is 7. The Morgan fingerprint density at radius 3 is 2.26 bits per heavy atom. The molecule has 0 bridgehead atoms. The number of hydrogen-bond donors (Lipinski definition) is 0. The van der Waals surface area contributed by atoms with Crippen LogP contribution in [0.2, 0.25) is 0 Å². The van der Waals surface area contributed by atoms with Gasteiger partial charge in [0.25, 0.3) is 0 Å². The molecule has 130 valence electrons. The highest BCUT2D eigenvalue weighted by Crippen LogP contribution is 2.17. The zero-order chi connectivity index (χ0) is 16.7. The highest BCUT2D eigenvalue weighted by molar-refractivity contribution is 7.88. The van der Waals surface area contributed by atoms with Crippen molar-refractivity contribution in [1.29, 1.82) is 0 Å². The van der Waals surface area contributed by atoms with E-state index in [9.17, 15) is 8.42 Å². The van der Waals surface area contributed by atoms with Gasteiger partial charge in [0.15, 0.2) is 0 Å².